The number of hydrogen-bond donors (Lipinski definition) is 0. The largest absolute Gasteiger partial charge is 0.462 e. The number of likely N-dealkylation sites (N-methyl/N-ethyl adjacent to an activating group) is 1. The van der Waals surface area contributed by atoms with Gasteiger partial charge in [0.15, 0.2) is 0 Å². The van der Waals surface area contributed by atoms with Gasteiger partial charge in [-0.15, -0.1) is 0 Å². The summed E-state index contributed by atoms with van der Waals surface area (Å²) in [6.07, 6.45) is 5.51. The summed E-state index contributed by atoms with van der Waals surface area (Å²) in [5.41, 5.74) is 4.25. The van der Waals surface area contributed by atoms with Gasteiger partial charge in [-0.05, 0) is 49.3 Å². The minimum absolute atomic E-state index is 0.117. The number of aromatic nitrogens is 2. The van der Waals surface area contributed by atoms with Crippen LogP contribution in [0.1, 0.15) is 48.9 Å². The number of rotatable bonds is 10. The molecule has 1 amide bonds. The van der Waals surface area contributed by atoms with Crippen molar-refractivity contribution >= 4 is 38.2 Å². The van der Waals surface area contributed by atoms with Gasteiger partial charge in [-0.25, -0.2) is 12.7 Å². The first kappa shape index (κ1) is 32.7. The average molecular weight is 658 g/mol. The second-order valence-electron chi connectivity index (χ2n) is 12.7. The third-order valence-electron chi connectivity index (χ3n) is 9.82. The van der Waals surface area contributed by atoms with Gasteiger partial charge in [0.1, 0.15) is 12.4 Å². The molecule has 2 fully saturated rings. The number of anilines is 2. The minimum Gasteiger partial charge on any atom is -0.462 e. The maximum Gasteiger partial charge on any atom is 0.318 e. The highest BCUT2D eigenvalue weighted by Crippen LogP contribution is 2.36. The highest BCUT2D eigenvalue weighted by atomic mass is 32.2. The van der Waals surface area contributed by atoms with E-state index in [0.717, 1.165) is 42.1 Å². The summed E-state index contributed by atoms with van der Waals surface area (Å²) >= 11 is 0. The van der Waals surface area contributed by atoms with Crippen molar-refractivity contribution in [1.29, 1.82) is 5.26 Å². The number of hydrogen-bond acceptors (Lipinski definition) is 9. The lowest BCUT2D eigenvalue weighted by atomic mass is 9.99. The van der Waals surface area contributed by atoms with Crippen molar-refractivity contribution in [1.82, 2.24) is 19.2 Å². The van der Waals surface area contributed by atoms with E-state index >= 15 is 0 Å². The number of sulfonamides is 1. The number of nitrogens with zero attached hydrogens (tertiary/aromatic N) is 7. The van der Waals surface area contributed by atoms with Crippen molar-refractivity contribution < 1.29 is 17.9 Å². The lowest BCUT2D eigenvalue weighted by molar-refractivity contribution is -0.128. The molecule has 3 heterocycles. The van der Waals surface area contributed by atoms with Gasteiger partial charge in [0.05, 0.1) is 36.0 Å². The summed E-state index contributed by atoms with van der Waals surface area (Å²) in [6, 6.07) is 14.8. The summed E-state index contributed by atoms with van der Waals surface area (Å²) in [7, 11) is -1.78. The van der Waals surface area contributed by atoms with Gasteiger partial charge >= 0.3 is 6.01 Å². The Kier molecular flexibility index (Phi) is 9.66. The number of aryl methyl sites for hydroxylation is 1. The number of carbonyl (C=O) groups is 1. The molecule has 1 aliphatic carbocycles. The molecular formula is C35H43N7O4S. The summed E-state index contributed by atoms with van der Waals surface area (Å²) in [6.45, 7) is 8.85. The Labute approximate surface area is 277 Å². The van der Waals surface area contributed by atoms with E-state index in [4.69, 9.17) is 14.7 Å². The quantitative estimate of drug-likeness (QED) is 0.295. The third kappa shape index (κ3) is 6.64. The Hall–Kier alpha value is -4.21. The van der Waals surface area contributed by atoms with Crippen LogP contribution in [0.3, 0.4) is 0 Å². The summed E-state index contributed by atoms with van der Waals surface area (Å²) < 4.78 is 33.6. The van der Waals surface area contributed by atoms with Gasteiger partial charge < -0.3 is 19.4 Å². The molecule has 1 saturated carbocycles. The summed E-state index contributed by atoms with van der Waals surface area (Å²) in [5.74, 6) is 0.565. The van der Waals surface area contributed by atoms with Crippen molar-refractivity contribution in [2.24, 2.45) is 0 Å². The Balaban J connectivity index is 1.29. The van der Waals surface area contributed by atoms with Crippen molar-refractivity contribution in [3.63, 3.8) is 0 Å². The van der Waals surface area contributed by atoms with Gasteiger partial charge in [-0.2, -0.15) is 15.2 Å². The van der Waals surface area contributed by atoms with Crippen LogP contribution in [0.2, 0.25) is 0 Å². The zero-order valence-electron chi connectivity index (χ0n) is 27.3. The molecule has 2 aliphatic heterocycles. The van der Waals surface area contributed by atoms with E-state index in [2.05, 4.69) is 65.8 Å². The van der Waals surface area contributed by atoms with Gasteiger partial charge in [0, 0.05) is 56.4 Å². The van der Waals surface area contributed by atoms with Crippen LogP contribution in [-0.2, 0) is 27.8 Å². The molecule has 11 nitrogen and oxygen atoms in total. The van der Waals surface area contributed by atoms with E-state index in [-0.39, 0.29) is 42.8 Å². The van der Waals surface area contributed by atoms with Crippen LogP contribution >= 0.6 is 0 Å². The van der Waals surface area contributed by atoms with Crippen LogP contribution < -0.4 is 14.5 Å². The molecule has 1 aromatic heterocycles. The molecular weight excluding hydrogens is 614 g/mol. The molecule has 6 rings (SSSR count). The number of fused-ring (bicyclic) bond motifs is 2. The number of amides is 1. The van der Waals surface area contributed by atoms with Crippen LogP contribution in [0, 0.1) is 18.3 Å². The Bertz CT molecular complexity index is 1800. The second kappa shape index (κ2) is 13.9. The van der Waals surface area contributed by atoms with Crippen LogP contribution in [0.5, 0.6) is 6.01 Å². The van der Waals surface area contributed by atoms with Crippen molar-refractivity contribution in [2.75, 3.05) is 56.2 Å². The SMILES string of the molecule is C=CC(=O)N1CCN(c2nc(OCCN(C)S(=O)(=O)C3CCCC3)nc3c2CCN(c2cccc4cccc(C)c24)C3)C[C@@H]1CC#N. The molecule has 2 aromatic carbocycles. The van der Waals surface area contributed by atoms with E-state index in [1.165, 1.54) is 26.7 Å². The lowest BCUT2D eigenvalue weighted by Crippen LogP contribution is -2.55. The summed E-state index contributed by atoms with van der Waals surface area (Å²) in [4.78, 5) is 28.6. The van der Waals surface area contributed by atoms with Gasteiger partial charge in [-0.3, -0.25) is 4.79 Å². The van der Waals surface area contributed by atoms with Crippen LogP contribution in [0.4, 0.5) is 11.5 Å². The monoisotopic (exact) mass is 657 g/mol. The molecule has 1 saturated heterocycles. The number of benzene rings is 2. The van der Waals surface area contributed by atoms with Gasteiger partial charge in [0.2, 0.25) is 15.9 Å². The normalized spacial score (nSPS) is 18.8. The fourth-order valence-electron chi connectivity index (χ4n) is 7.26. The highest BCUT2D eigenvalue weighted by Gasteiger charge is 2.34. The number of ether oxygens (including phenoxy) is 1. The van der Waals surface area contributed by atoms with Crippen LogP contribution in [0.25, 0.3) is 10.8 Å². The molecule has 1 atom stereocenters. The Morgan fingerprint density at radius 1 is 1.13 bits per heavy atom. The smallest absolute Gasteiger partial charge is 0.318 e. The first-order valence-corrected chi connectivity index (χ1v) is 18.0. The molecule has 3 aliphatic rings. The topological polar surface area (TPSA) is 123 Å². The van der Waals surface area contributed by atoms with Crippen LogP contribution in [-0.4, -0.2) is 91.2 Å². The Morgan fingerprint density at radius 2 is 1.89 bits per heavy atom. The zero-order chi connectivity index (χ0) is 33.1. The van der Waals surface area contributed by atoms with E-state index in [1.54, 1.807) is 11.9 Å². The highest BCUT2D eigenvalue weighted by molar-refractivity contribution is 7.89. The van der Waals surface area contributed by atoms with E-state index < -0.39 is 10.0 Å². The van der Waals surface area contributed by atoms with Crippen molar-refractivity contribution in [3.05, 3.63) is 65.9 Å². The van der Waals surface area contributed by atoms with Gasteiger partial charge in [-0.1, -0.05) is 49.8 Å². The zero-order valence-corrected chi connectivity index (χ0v) is 28.1. The number of carbonyl (C=O) groups excluding carboxylic acids is 1. The van der Waals surface area contributed by atoms with Crippen LogP contribution in [0.15, 0.2) is 49.1 Å². The fraction of sp³-hybridized carbons (Fsp3) is 0.486. The average Bonchev–Trinajstić information content (AvgIpc) is 3.64. The molecule has 0 N–H and O–H groups in total. The molecule has 0 radical (unpaired) electrons. The summed E-state index contributed by atoms with van der Waals surface area (Å²) in [5, 5.41) is 11.6. The van der Waals surface area contributed by atoms with E-state index in [0.29, 0.717) is 45.4 Å². The molecule has 248 valence electrons. The first-order chi connectivity index (χ1) is 22.7. The number of piperazine rings is 1. The van der Waals surface area contributed by atoms with E-state index in [1.807, 2.05) is 0 Å². The molecule has 47 heavy (non-hydrogen) atoms. The second-order valence-corrected chi connectivity index (χ2v) is 15.0. The first-order valence-electron chi connectivity index (χ1n) is 16.5. The molecule has 0 unspecified atom stereocenters. The molecule has 3 aromatic rings. The van der Waals surface area contributed by atoms with Crippen molar-refractivity contribution in [2.45, 2.75) is 63.3 Å². The minimum atomic E-state index is -3.39. The molecule has 12 heteroatoms. The predicted molar refractivity (Wildman–Crippen MR) is 183 cm³/mol. The molecule has 0 bridgehead atoms. The standard InChI is InChI=1S/C35H43N7O4S/c1-4-32(43)42-20-19-41(23-27(42)15-17-36)34-29-16-18-40(31-14-8-11-26-10-7-9-25(2)33(26)31)24-30(29)37-35(38-34)46-22-21-39(3)47(44,45)28-12-5-6-13-28/h4,7-11,14,27-28H,1,5-6,12-13,15-16,18-24H2,2-3H3/t27-/m0/s1. The Morgan fingerprint density at radius 3 is 2.64 bits per heavy atom. The van der Waals surface area contributed by atoms with Crippen molar-refractivity contribution in [3.8, 4) is 12.1 Å². The maximum atomic E-state index is 13.1. The number of nitriles is 1. The van der Waals surface area contributed by atoms with Gasteiger partial charge in [0.25, 0.3) is 0 Å². The predicted octanol–water partition coefficient (Wildman–Crippen LogP) is 4.20. The molecule has 0 spiro atoms. The maximum absolute atomic E-state index is 13.1. The third-order valence-corrected chi connectivity index (χ3v) is 12.2. The van der Waals surface area contributed by atoms with E-state index in [9.17, 15) is 18.5 Å². The lowest BCUT2D eigenvalue weighted by Gasteiger charge is -2.42. The fourth-order valence-corrected chi connectivity index (χ4v) is 9.02.